The molecule has 0 spiro atoms. The van der Waals surface area contributed by atoms with Crippen molar-refractivity contribution in [3.05, 3.63) is 24.0 Å². The van der Waals surface area contributed by atoms with E-state index in [-0.39, 0.29) is 23.2 Å². The lowest BCUT2D eigenvalue weighted by Gasteiger charge is -2.13. The second-order valence-corrected chi connectivity index (χ2v) is 10.7. The summed E-state index contributed by atoms with van der Waals surface area (Å²) in [6.07, 6.45) is 2.53. The number of hydrogen-bond donors (Lipinski definition) is 1. The number of sulfone groups is 2. The van der Waals surface area contributed by atoms with E-state index < -0.39 is 19.7 Å². The highest BCUT2D eigenvalue weighted by atomic mass is 32.2. The largest absolute Gasteiger partial charge is 0.369 e. The topological polar surface area (TPSA) is 106 Å². The summed E-state index contributed by atoms with van der Waals surface area (Å²) in [7, 11) is -6.14. The average Bonchev–Trinajstić information content (AvgIpc) is 3.04. The van der Waals surface area contributed by atoms with Gasteiger partial charge < -0.3 is 5.32 Å². The van der Waals surface area contributed by atoms with Gasteiger partial charge in [0.2, 0.25) is 0 Å². The lowest BCUT2D eigenvalue weighted by Crippen LogP contribution is -2.16. The van der Waals surface area contributed by atoms with Crippen molar-refractivity contribution in [3.63, 3.8) is 0 Å². The zero-order valence-corrected chi connectivity index (χ0v) is 14.5. The average molecular weight is 367 g/mol. The zero-order valence-electron chi connectivity index (χ0n) is 12.9. The van der Waals surface area contributed by atoms with E-state index in [2.05, 4.69) is 15.3 Å². The highest BCUT2D eigenvalue weighted by Crippen LogP contribution is 2.34. The first-order chi connectivity index (χ1) is 11.4. The molecule has 1 aromatic heterocycles. The van der Waals surface area contributed by atoms with E-state index in [9.17, 15) is 16.8 Å². The molecular formula is C15H17N3O4S2. The minimum Gasteiger partial charge on any atom is -0.369 e. The molecule has 0 amide bonds. The van der Waals surface area contributed by atoms with Crippen LogP contribution in [0.1, 0.15) is 12.0 Å². The molecule has 0 aliphatic carbocycles. The Balaban J connectivity index is 1.70. The molecule has 0 radical (unpaired) electrons. The molecule has 4 rings (SSSR count). The number of fused-ring (bicyclic) bond motifs is 3. The van der Waals surface area contributed by atoms with Gasteiger partial charge in [-0.25, -0.2) is 26.8 Å². The predicted molar refractivity (Wildman–Crippen MR) is 90.5 cm³/mol. The third-order valence-electron chi connectivity index (χ3n) is 4.71. The number of aryl methyl sites for hydroxylation is 1. The van der Waals surface area contributed by atoms with Crippen LogP contribution in [0.4, 0.5) is 5.82 Å². The van der Waals surface area contributed by atoms with Crippen molar-refractivity contribution < 1.29 is 16.8 Å². The Bertz CT molecular complexity index is 1030. The lowest BCUT2D eigenvalue weighted by molar-refractivity contribution is 0.595. The molecular weight excluding hydrogens is 350 g/mol. The number of nitrogens with one attached hydrogen (secondary N) is 1. The first-order valence-electron chi connectivity index (χ1n) is 7.79. The van der Waals surface area contributed by atoms with Gasteiger partial charge in [0.15, 0.2) is 19.7 Å². The van der Waals surface area contributed by atoms with Gasteiger partial charge in [-0.1, -0.05) is 0 Å². The van der Waals surface area contributed by atoms with Crippen LogP contribution < -0.4 is 5.32 Å². The predicted octanol–water partition coefficient (Wildman–Crippen LogP) is 0.806. The number of benzene rings is 1. The zero-order chi connectivity index (χ0) is 16.9. The third kappa shape index (κ3) is 2.65. The number of aromatic nitrogens is 2. The maximum atomic E-state index is 12.1. The maximum absolute atomic E-state index is 12.1. The molecule has 1 saturated heterocycles. The smallest absolute Gasteiger partial charge is 0.179 e. The van der Waals surface area contributed by atoms with Crippen LogP contribution in [0.15, 0.2) is 23.4 Å². The van der Waals surface area contributed by atoms with E-state index in [4.69, 9.17) is 0 Å². The molecule has 128 valence electrons. The molecule has 0 saturated carbocycles. The molecule has 7 nitrogen and oxygen atoms in total. The number of rotatable bonds is 3. The molecule has 2 aromatic rings. The fraction of sp³-hybridized carbons (Fsp3) is 0.467. The Labute approximate surface area is 140 Å². The summed E-state index contributed by atoms with van der Waals surface area (Å²) < 4.78 is 47.4. The molecule has 24 heavy (non-hydrogen) atoms. The van der Waals surface area contributed by atoms with Crippen LogP contribution >= 0.6 is 0 Å². The van der Waals surface area contributed by atoms with Gasteiger partial charge in [0.1, 0.15) is 12.1 Å². The third-order valence-corrected chi connectivity index (χ3v) is 8.34. The van der Waals surface area contributed by atoms with Crippen molar-refractivity contribution >= 4 is 36.4 Å². The molecule has 1 unspecified atom stereocenters. The summed E-state index contributed by atoms with van der Waals surface area (Å²) in [5.41, 5.74) is 1.46. The van der Waals surface area contributed by atoms with Crippen molar-refractivity contribution in [2.24, 2.45) is 5.92 Å². The highest BCUT2D eigenvalue weighted by Gasteiger charge is 2.30. The fourth-order valence-electron chi connectivity index (χ4n) is 3.50. The van der Waals surface area contributed by atoms with Gasteiger partial charge in [-0.15, -0.1) is 0 Å². The van der Waals surface area contributed by atoms with Gasteiger partial charge in [-0.05, 0) is 36.5 Å². The van der Waals surface area contributed by atoms with E-state index in [1.807, 2.05) is 0 Å². The minimum absolute atomic E-state index is 0.0560. The lowest BCUT2D eigenvalue weighted by atomic mass is 10.1. The quantitative estimate of drug-likeness (QED) is 0.855. The first kappa shape index (κ1) is 15.8. The van der Waals surface area contributed by atoms with Crippen LogP contribution in [0, 0.1) is 5.92 Å². The summed E-state index contributed by atoms with van der Waals surface area (Å²) in [5, 5.41) is 3.95. The second-order valence-electron chi connectivity index (χ2n) is 6.38. The standard InChI is InChI=1S/C15H17N3O4S2/c19-23(20)5-3-10(8-23)7-16-15-14-11-4-6-24(21,22)13(11)2-1-12(14)17-9-18-15/h1-2,9-10H,3-8H2,(H,16,17,18). The molecule has 1 N–H and O–H groups in total. The summed E-state index contributed by atoms with van der Waals surface area (Å²) >= 11 is 0. The molecule has 1 atom stereocenters. The van der Waals surface area contributed by atoms with Crippen LogP contribution in [0.25, 0.3) is 10.9 Å². The van der Waals surface area contributed by atoms with Gasteiger partial charge in [-0.3, -0.25) is 0 Å². The fourth-order valence-corrected chi connectivity index (χ4v) is 6.91. The Morgan fingerprint density at radius 1 is 1.12 bits per heavy atom. The molecule has 3 heterocycles. The molecule has 2 aliphatic rings. The number of anilines is 1. The SMILES string of the molecule is O=S1(=O)CCC(CNc2ncnc3ccc4c(c23)CCS4(=O)=O)C1. The van der Waals surface area contributed by atoms with Crippen LogP contribution in [-0.4, -0.2) is 50.6 Å². The minimum atomic E-state index is -3.22. The highest BCUT2D eigenvalue weighted by molar-refractivity contribution is 7.92. The van der Waals surface area contributed by atoms with Gasteiger partial charge in [-0.2, -0.15) is 0 Å². The van der Waals surface area contributed by atoms with Gasteiger partial charge >= 0.3 is 0 Å². The molecule has 1 fully saturated rings. The molecule has 1 aromatic carbocycles. The summed E-state index contributed by atoms with van der Waals surface area (Å²) in [6.45, 7) is 0.502. The number of hydrogen-bond acceptors (Lipinski definition) is 7. The van der Waals surface area contributed by atoms with Gasteiger partial charge in [0.25, 0.3) is 0 Å². The second kappa shape index (κ2) is 5.38. The van der Waals surface area contributed by atoms with E-state index in [1.165, 1.54) is 6.33 Å². The van der Waals surface area contributed by atoms with Crippen molar-refractivity contribution in [1.29, 1.82) is 0 Å². The molecule has 0 bridgehead atoms. The van der Waals surface area contributed by atoms with Crippen LogP contribution in [0.5, 0.6) is 0 Å². The molecule has 2 aliphatic heterocycles. The van der Waals surface area contributed by atoms with Crippen LogP contribution in [-0.2, 0) is 26.1 Å². The van der Waals surface area contributed by atoms with Crippen molar-refractivity contribution in [2.75, 3.05) is 29.1 Å². The monoisotopic (exact) mass is 367 g/mol. The van der Waals surface area contributed by atoms with E-state index in [0.717, 1.165) is 10.9 Å². The summed E-state index contributed by atoms with van der Waals surface area (Å²) in [4.78, 5) is 8.85. The first-order valence-corrected chi connectivity index (χ1v) is 11.3. The Kier molecular flexibility index (Phi) is 3.54. The van der Waals surface area contributed by atoms with Crippen molar-refractivity contribution in [3.8, 4) is 0 Å². The summed E-state index contributed by atoms with van der Waals surface area (Å²) in [5.74, 6) is 1.17. The Hall–Kier alpha value is -1.74. The van der Waals surface area contributed by atoms with E-state index >= 15 is 0 Å². The Morgan fingerprint density at radius 2 is 1.96 bits per heavy atom. The Morgan fingerprint density at radius 3 is 2.71 bits per heavy atom. The summed E-state index contributed by atoms with van der Waals surface area (Å²) in [6, 6.07) is 3.31. The maximum Gasteiger partial charge on any atom is 0.179 e. The van der Waals surface area contributed by atoms with Gasteiger partial charge in [0.05, 0.1) is 27.7 Å². The number of nitrogens with zero attached hydrogens (tertiary/aromatic N) is 2. The van der Waals surface area contributed by atoms with Crippen molar-refractivity contribution in [2.45, 2.75) is 17.7 Å². The molecule has 9 heteroatoms. The van der Waals surface area contributed by atoms with Gasteiger partial charge in [0, 0.05) is 11.9 Å². The van der Waals surface area contributed by atoms with Crippen LogP contribution in [0.2, 0.25) is 0 Å². The van der Waals surface area contributed by atoms with Crippen molar-refractivity contribution in [1.82, 2.24) is 9.97 Å². The van der Waals surface area contributed by atoms with E-state index in [1.54, 1.807) is 12.1 Å². The van der Waals surface area contributed by atoms with Crippen LogP contribution in [0.3, 0.4) is 0 Å². The van der Waals surface area contributed by atoms with E-state index in [0.29, 0.717) is 35.6 Å². The normalized spacial score (nSPS) is 24.1.